The molecule has 2 heterocycles. The number of rotatable bonds is 6. The van der Waals surface area contributed by atoms with E-state index in [1.807, 2.05) is 37.3 Å². The first-order chi connectivity index (χ1) is 23.3. The minimum absolute atomic E-state index is 0.0467. The third-order valence-electron chi connectivity index (χ3n) is 8.87. The Labute approximate surface area is 290 Å². The van der Waals surface area contributed by atoms with Crippen LogP contribution in [0.15, 0.2) is 60.0 Å². The molecule has 262 valence electrons. The molecule has 13 heteroatoms. The highest BCUT2D eigenvalue weighted by atomic mass is 32.1. The summed E-state index contributed by atoms with van der Waals surface area (Å²) < 4.78 is 5.64. The van der Waals surface area contributed by atoms with Crippen LogP contribution >= 0.6 is 11.3 Å². The van der Waals surface area contributed by atoms with Gasteiger partial charge >= 0.3 is 5.97 Å². The summed E-state index contributed by atoms with van der Waals surface area (Å²) in [6.07, 6.45) is 0.133. The fourth-order valence-corrected chi connectivity index (χ4v) is 6.58. The van der Waals surface area contributed by atoms with Crippen molar-refractivity contribution in [1.29, 1.82) is 0 Å². The number of carbonyl (C=O) groups is 5. The molecule has 12 nitrogen and oxygen atoms in total. The lowest BCUT2D eigenvalue weighted by atomic mass is 9.97. The van der Waals surface area contributed by atoms with Gasteiger partial charge in [0.05, 0.1) is 12.0 Å². The highest BCUT2D eigenvalue weighted by Gasteiger charge is 2.38. The van der Waals surface area contributed by atoms with Crippen molar-refractivity contribution >= 4 is 40.9 Å². The van der Waals surface area contributed by atoms with Gasteiger partial charge in [-0.05, 0) is 50.5 Å². The zero-order valence-corrected chi connectivity index (χ0v) is 29.5. The van der Waals surface area contributed by atoms with Gasteiger partial charge in [0.25, 0.3) is 11.8 Å². The third kappa shape index (κ3) is 9.23. The number of cyclic esters (lactones) is 1. The number of fused-ring (bicyclic) bond motifs is 2. The molecular formula is C36H45N5O7S. The number of thiazole rings is 1. The maximum absolute atomic E-state index is 14.5. The molecular weight excluding hydrogens is 646 g/mol. The minimum Gasteiger partial charge on any atom is -0.508 e. The number of aromatic hydroxyl groups is 1. The van der Waals surface area contributed by atoms with E-state index in [-0.39, 0.29) is 24.3 Å². The summed E-state index contributed by atoms with van der Waals surface area (Å²) in [7, 11) is 2.99. The monoisotopic (exact) mass is 691 g/mol. The van der Waals surface area contributed by atoms with E-state index in [4.69, 9.17) is 4.74 Å². The first-order valence-electron chi connectivity index (χ1n) is 16.4. The molecule has 1 aliphatic heterocycles. The molecule has 0 unspecified atom stereocenters. The largest absolute Gasteiger partial charge is 0.508 e. The third-order valence-corrected chi connectivity index (χ3v) is 9.90. The van der Waals surface area contributed by atoms with E-state index in [0.717, 1.165) is 5.56 Å². The number of phenols is 1. The first-order valence-corrected chi connectivity index (χ1v) is 17.3. The Hall–Kier alpha value is -4.78. The number of carbonyl (C=O) groups excluding carboxylic acids is 5. The zero-order chi connectivity index (χ0) is 35.8. The number of nitrogens with zero attached hydrogens (tertiary/aromatic N) is 3. The van der Waals surface area contributed by atoms with Crippen molar-refractivity contribution < 1.29 is 33.8 Å². The lowest BCUT2D eigenvalue weighted by Crippen LogP contribution is -2.57. The van der Waals surface area contributed by atoms with E-state index in [1.54, 1.807) is 31.4 Å². The molecule has 3 aromatic rings. The van der Waals surface area contributed by atoms with Crippen LogP contribution in [0.1, 0.15) is 73.2 Å². The number of hydrogen-bond acceptors (Lipinski definition) is 9. The number of hydrogen-bond donors (Lipinski definition) is 3. The molecule has 3 N–H and O–H groups in total. The number of phenolic OH excluding ortho intramolecular Hbond substituents is 1. The van der Waals surface area contributed by atoms with Crippen molar-refractivity contribution in [2.75, 3.05) is 14.1 Å². The van der Waals surface area contributed by atoms with Crippen molar-refractivity contribution in [3.63, 3.8) is 0 Å². The summed E-state index contributed by atoms with van der Waals surface area (Å²) in [6.45, 7) is 6.75. The Morgan fingerprint density at radius 1 is 0.837 bits per heavy atom. The molecule has 1 aliphatic rings. The van der Waals surface area contributed by atoms with Crippen LogP contribution in [-0.4, -0.2) is 87.8 Å². The average Bonchev–Trinajstić information content (AvgIpc) is 3.59. The van der Waals surface area contributed by atoms with Gasteiger partial charge in [0.2, 0.25) is 11.8 Å². The SMILES string of the molecule is CCC[C@H]1NC(=O)c2csc(n2)[C@H](C)NC(=O)[C@H](Cc2ccccc2)N(C)C(=O)[C@H](Cc2ccc(O)cc2)N(C)C(=O)[C@H](C)OC(=O)[C@@H]1C. The fraction of sp³-hybridized carbons (Fsp3) is 0.444. The molecule has 0 aliphatic carbocycles. The molecule has 2 aromatic carbocycles. The molecule has 0 saturated heterocycles. The summed E-state index contributed by atoms with van der Waals surface area (Å²) in [6, 6.07) is 12.3. The van der Waals surface area contributed by atoms with Gasteiger partial charge in [0.1, 0.15) is 28.5 Å². The van der Waals surface area contributed by atoms with E-state index >= 15 is 0 Å². The predicted octanol–water partition coefficient (Wildman–Crippen LogP) is 3.65. The molecule has 0 fully saturated rings. The highest BCUT2D eigenvalue weighted by molar-refractivity contribution is 7.09. The van der Waals surface area contributed by atoms with Crippen LogP contribution in [0.25, 0.3) is 0 Å². The Bertz CT molecular complexity index is 1630. The first kappa shape index (κ1) is 37.0. The average molecular weight is 692 g/mol. The highest BCUT2D eigenvalue weighted by Crippen LogP contribution is 2.23. The van der Waals surface area contributed by atoms with Crippen LogP contribution in [-0.2, 0) is 36.8 Å². The number of ether oxygens (including phenoxy) is 1. The predicted molar refractivity (Wildman–Crippen MR) is 185 cm³/mol. The molecule has 6 atom stereocenters. The van der Waals surface area contributed by atoms with E-state index < -0.39 is 65.8 Å². The van der Waals surface area contributed by atoms with Crippen LogP contribution in [0.3, 0.4) is 0 Å². The van der Waals surface area contributed by atoms with Crippen molar-refractivity contribution in [2.45, 2.75) is 83.6 Å². The Balaban J connectivity index is 1.77. The standard InChI is InChI=1S/C36H45N5O7S/c1-7-11-27-21(2)36(47)48-23(4)34(45)41(6)30(19-25-14-16-26(42)17-15-25)35(46)40(5)29(18-24-12-9-8-10-13-24)32(44)37-22(3)33-39-28(20-49-33)31(43)38-27/h8-10,12-17,20-23,27,29-30,42H,7,11,18-19H2,1-6H3,(H,37,44)(H,38,43)/t21-,22+,23+,27-,29+,30+/m1/s1. The van der Waals surface area contributed by atoms with E-state index in [9.17, 15) is 29.1 Å². The smallest absolute Gasteiger partial charge is 0.311 e. The zero-order valence-electron chi connectivity index (χ0n) is 28.7. The van der Waals surface area contributed by atoms with Crippen molar-refractivity contribution in [3.8, 4) is 5.75 Å². The number of aromatic nitrogens is 1. The van der Waals surface area contributed by atoms with Gasteiger partial charge in [0, 0.05) is 38.4 Å². The second-order valence-corrected chi connectivity index (χ2v) is 13.4. The number of benzene rings is 2. The minimum atomic E-state index is -1.26. The fourth-order valence-electron chi connectivity index (χ4n) is 5.78. The number of amides is 4. The van der Waals surface area contributed by atoms with Crippen LogP contribution in [0, 0.1) is 5.92 Å². The topological polar surface area (TPSA) is 158 Å². The molecule has 49 heavy (non-hydrogen) atoms. The van der Waals surface area contributed by atoms with Gasteiger partial charge in [0.15, 0.2) is 6.10 Å². The maximum atomic E-state index is 14.5. The number of nitrogens with one attached hydrogen (secondary N) is 2. The lowest BCUT2D eigenvalue weighted by molar-refractivity contribution is -0.164. The molecule has 0 saturated carbocycles. The molecule has 1 aromatic heterocycles. The van der Waals surface area contributed by atoms with Gasteiger partial charge < -0.3 is 30.3 Å². The molecule has 4 amide bonds. The number of esters is 1. The van der Waals surface area contributed by atoms with Gasteiger partial charge in [-0.1, -0.05) is 55.8 Å². The van der Waals surface area contributed by atoms with Crippen molar-refractivity contribution in [2.24, 2.45) is 5.92 Å². The summed E-state index contributed by atoms with van der Waals surface area (Å²) >= 11 is 1.22. The van der Waals surface area contributed by atoms with Gasteiger partial charge in [-0.15, -0.1) is 11.3 Å². The van der Waals surface area contributed by atoms with E-state index in [2.05, 4.69) is 15.6 Å². The molecule has 2 bridgehead atoms. The van der Waals surface area contributed by atoms with Gasteiger partial charge in [-0.25, -0.2) is 4.98 Å². The van der Waals surface area contributed by atoms with E-state index in [0.29, 0.717) is 23.4 Å². The normalized spacial score (nSPS) is 24.7. The van der Waals surface area contributed by atoms with Crippen LogP contribution in [0.5, 0.6) is 5.75 Å². The maximum Gasteiger partial charge on any atom is 0.311 e. The summed E-state index contributed by atoms with van der Waals surface area (Å²) in [4.78, 5) is 76.0. The second-order valence-electron chi connectivity index (χ2n) is 12.5. The van der Waals surface area contributed by atoms with Gasteiger partial charge in [-0.3, -0.25) is 24.0 Å². The molecule has 4 rings (SSSR count). The van der Waals surface area contributed by atoms with Crippen LogP contribution < -0.4 is 10.6 Å². The Morgan fingerprint density at radius 2 is 1.45 bits per heavy atom. The van der Waals surface area contributed by atoms with E-state index in [1.165, 1.54) is 54.3 Å². The summed E-state index contributed by atoms with van der Waals surface area (Å²) in [5, 5.41) is 17.8. The van der Waals surface area contributed by atoms with Crippen molar-refractivity contribution in [3.05, 3.63) is 81.8 Å². The summed E-state index contributed by atoms with van der Waals surface area (Å²) in [5.41, 5.74) is 1.63. The molecule has 0 radical (unpaired) electrons. The Kier molecular flexibility index (Phi) is 12.5. The second kappa shape index (κ2) is 16.6. The molecule has 0 spiro atoms. The van der Waals surface area contributed by atoms with Crippen molar-refractivity contribution in [1.82, 2.24) is 25.4 Å². The summed E-state index contributed by atoms with van der Waals surface area (Å²) in [5.74, 6) is -3.45. The van der Waals surface area contributed by atoms with Gasteiger partial charge in [-0.2, -0.15) is 0 Å². The van der Waals surface area contributed by atoms with Crippen LogP contribution in [0.4, 0.5) is 0 Å². The quantitative estimate of drug-likeness (QED) is 0.331. The Morgan fingerprint density at radius 3 is 2.10 bits per heavy atom. The van der Waals surface area contributed by atoms with Crippen LogP contribution in [0.2, 0.25) is 0 Å². The lowest BCUT2D eigenvalue weighted by Gasteiger charge is -2.35. The number of likely N-dealkylation sites (N-methyl/N-ethyl adjacent to an activating group) is 2.